The Morgan fingerprint density at radius 2 is 2.00 bits per heavy atom. The number of rotatable bonds is 13. The van der Waals surface area contributed by atoms with E-state index in [0.717, 1.165) is 51.4 Å². The lowest BCUT2D eigenvalue weighted by molar-refractivity contribution is -0.140. The minimum Gasteiger partial charge on any atom is -0.469 e. The van der Waals surface area contributed by atoms with Gasteiger partial charge in [-0.15, -0.1) is 11.6 Å². The lowest BCUT2D eigenvalue weighted by Crippen LogP contribution is -2.18. The van der Waals surface area contributed by atoms with Crippen molar-refractivity contribution in [1.29, 1.82) is 0 Å². The van der Waals surface area contributed by atoms with Gasteiger partial charge in [0.05, 0.1) is 13.2 Å². The summed E-state index contributed by atoms with van der Waals surface area (Å²) in [4.78, 5) is 11.2. The van der Waals surface area contributed by atoms with Gasteiger partial charge in [0.25, 0.3) is 0 Å². The van der Waals surface area contributed by atoms with Crippen LogP contribution in [0.25, 0.3) is 0 Å². The smallest absolute Gasteiger partial charge is 0.305 e. The molecule has 0 aromatic heterocycles. The van der Waals surface area contributed by atoms with Crippen molar-refractivity contribution in [2.24, 2.45) is 5.92 Å². The summed E-state index contributed by atoms with van der Waals surface area (Å²) in [7, 11) is 1.41. The zero-order valence-electron chi connectivity index (χ0n) is 18.1. The minimum absolute atomic E-state index is 0.0353. The number of aliphatic hydroxyl groups excluding tert-OH is 2. The number of aliphatic hydroxyl groups is 2. The van der Waals surface area contributed by atoms with Crippen LogP contribution < -0.4 is 0 Å². The van der Waals surface area contributed by atoms with Crippen molar-refractivity contribution < 1.29 is 19.7 Å². The van der Waals surface area contributed by atoms with E-state index in [1.807, 2.05) is 0 Å². The van der Waals surface area contributed by atoms with Crippen LogP contribution in [0.1, 0.15) is 74.8 Å². The van der Waals surface area contributed by atoms with Gasteiger partial charge < -0.3 is 14.9 Å². The number of esters is 1. The van der Waals surface area contributed by atoms with Gasteiger partial charge in [0, 0.05) is 24.3 Å². The van der Waals surface area contributed by atoms with E-state index in [2.05, 4.69) is 41.2 Å². The van der Waals surface area contributed by atoms with Crippen molar-refractivity contribution in [2.75, 3.05) is 13.7 Å². The maximum Gasteiger partial charge on any atom is 0.305 e. The van der Waals surface area contributed by atoms with E-state index in [4.69, 9.17) is 16.7 Å². The molecule has 5 heteroatoms. The fourth-order valence-corrected chi connectivity index (χ4v) is 4.86. The lowest BCUT2D eigenvalue weighted by atomic mass is 9.84. The Labute approximate surface area is 186 Å². The Bertz CT molecular complexity index is 660. The average molecular weight is 437 g/mol. The van der Waals surface area contributed by atoms with E-state index in [9.17, 15) is 9.90 Å². The van der Waals surface area contributed by atoms with Crippen LogP contribution >= 0.6 is 11.6 Å². The van der Waals surface area contributed by atoms with Crippen LogP contribution in [0.5, 0.6) is 0 Å². The molecular weight excluding hydrogens is 400 g/mol. The topological polar surface area (TPSA) is 66.8 Å². The van der Waals surface area contributed by atoms with Crippen LogP contribution in [0, 0.1) is 5.92 Å². The third kappa shape index (κ3) is 8.05. The molecule has 0 unspecified atom stereocenters. The molecular formula is C25H37ClO4. The number of alkyl halides is 1. The molecule has 1 aliphatic carbocycles. The summed E-state index contributed by atoms with van der Waals surface area (Å²) in [6.07, 6.45) is 12.6. The summed E-state index contributed by atoms with van der Waals surface area (Å²) in [5.74, 6) is 0.0939. The number of carbonyl (C=O) groups is 1. The van der Waals surface area contributed by atoms with E-state index in [1.165, 1.54) is 18.2 Å². The van der Waals surface area contributed by atoms with Crippen molar-refractivity contribution >= 4 is 17.6 Å². The predicted molar refractivity (Wildman–Crippen MR) is 122 cm³/mol. The Kier molecular flexibility index (Phi) is 11.5. The molecule has 30 heavy (non-hydrogen) atoms. The number of methoxy groups -OCH3 is 1. The van der Waals surface area contributed by atoms with Crippen LogP contribution in [0.15, 0.2) is 36.4 Å². The van der Waals surface area contributed by atoms with Crippen LogP contribution in [0.2, 0.25) is 0 Å². The Hall–Kier alpha value is -1.36. The van der Waals surface area contributed by atoms with Gasteiger partial charge in [-0.1, -0.05) is 49.3 Å². The third-order valence-electron chi connectivity index (χ3n) is 6.07. The second-order valence-electron chi connectivity index (χ2n) is 8.32. The zero-order chi connectivity index (χ0) is 21.8. The van der Waals surface area contributed by atoms with Gasteiger partial charge in [0.1, 0.15) is 0 Å². The number of halogens is 1. The predicted octanol–water partition coefficient (Wildman–Crippen LogP) is 5.14. The second-order valence-corrected chi connectivity index (χ2v) is 8.88. The monoisotopic (exact) mass is 436 g/mol. The minimum atomic E-state index is -0.412. The van der Waals surface area contributed by atoms with Gasteiger partial charge in [-0.3, -0.25) is 4.79 Å². The number of allylic oxidation sites excluding steroid dienone is 2. The van der Waals surface area contributed by atoms with E-state index in [1.54, 1.807) is 0 Å². The van der Waals surface area contributed by atoms with E-state index >= 15 is 0 Å². The Morgan fingerprint density at radius 3 is 2.77 bits per heavy atom. The van der Waals surface area contributed by atoms with Crippen molar-refractivity contribution in [3.63, 3.8) is 0 Å². The van der Waals surface area contributed by atoms with E-state index < -0.39 is 6.10 Å². The molecule has 0 saturated heterocycles. The van der Waals surface area contributed by atoms with Gasteiger partial charge in [0.2, 0.25) is 0 Å². The summed E-state index contributed by atoms with van der Waals surface area (Å²) >= 11 is 6.61. The molecule has 0 aliphatic heterocycles. The number of hydrogen-bond acceptors (Lipinski definition) is 4. The molecule has 1 aliphatic rings. The molecule has 2 rings (SSSR count). The van der Waals surface area contributed by atoms with Gasteiger partial charge in [-0.05, 0) is 62.0 Å². The highest BCUT2D eigenvalue weighted by atomic mass is 35.5. The highest BCUT2D eigenvalue weighted by Gasteiger charge is 2.41. The van der Waals surface area contributed by atoms with Gasteiger partial charge >= 0.3 is 5.97 Å². The molecule has 4 nitrogen and oxygen atoms in total. The molecule has 1 saturated carbocycles. The van der Waals surface area contributed by atoms with E-state index in [-0.39, 0.29) is 29.8 Å². The molecule has 2 N–H and O–H groups in total. The first-order valence-electron chi connectivity index (χ1n) is 11.3. The van der Waals surface area contributed by atoms with Crippen LogP contribution in [0.4, 0.5) is 0 Å². The first kappa shape index (κ1) is 24.9. The summed E-state index contributed by atoms with van der Waals surface area (Å²) in [5, 5.41) is 19.5. The lowest BCUT2D eigenvalue weighted by Gasteiger charge is -2.23. The molecule has 0 spiro atoms. The quantitative estimate of drug-likeness (QED) is 0.194. The average Bonchev–Trinajstić information content (AvgIpc) is 3.03. The summed E-state index contributed by atoms with van der Waals surface area (Å²) in [6.45, 7) is 0.274. The normalized spacial score (nSPS) is 23.9. The summed E-state index contributed by atoms with van der Waals surface area (Å²) < 4.78 is 4.66. The largest absolute Gasteiger partial charge is 0.469 e. The van der Waals surface area contributed by atoms with Gasteiger partial charge in [-0.2, -0.15) is 0 Å². The Morgan fingerprint density at radius 1 is 1.20 bits per heavy atom. The molecule has 1 aromatic carbocycles. The number of ether oxygens (including phenoxy) is 1. The molecule has 0 amide bonds. The third-order valence-corrected chi connectivity index (χ3v) is 6.57. The number of unbranched alkanes of at least 4 members (excludes halogenated alkanes) is 4. The van der Waals surface area contributed by atoms with Crippen molar-refractivity contribution in [3.05, 3.63) is 47.5 Å². The van der Waals surface area contributed by atoms with Crippen molar-refractivity contribution in [3.8, 4) is 0 Å². The van der Waals surface area contributed by atoms with Crippen molar-refractivity contribution in [2.45, 2.75) is 81.6 Å². The number of aryl methyl sites for hydroxylation is 1. The summed E-state index contributed by atoms with van der Waals surface area (Å²) in [6, 6.07) is 8.60. The SMILES string of the molecule is COC(=O)CCC/C=C\C[C@@H]1[C@@H](c2cccc(CCCCCCO)c2)[C@H](O)C[C@H]1Cl. The van der Waals surface area contributed by atoms with Gasteiger partial charge in [0.15, 0.2) is 0 Å². The number of carbonyl (C=O) groups excluding carboxylic acids is 1. The zero-order valence-corrected chi connectivity index (χ0v) is 18.9. The van der Waals surface area contributed by atoms with Gasteiger partial charge in [-0.25, -0.2) is 0 Å². The van der Waals surface area contributed by atoms with E-state index in [0.29, 0.717) is 12.8 Å². The number of benzene rings is 1. The highest BCUT2D eigenvalue weighted by molar-refractivity contribution is 6.21. The Balaban J connectivity index is 1.91. The molecule has 168 valence electrons. The molecule has 1 aromatic rings. The second kappa shape index (κ2) is 13.8. The summed E-state index contributed by atoms with van der Waals surface area (Å²) in [5.41, 5.74) is 2.49. The molecule has 1 fully saturated rings. The first-order chi connectivity index (χ1) is 14.6. The fourth-order valence-electron chi connectivity index (χ4n) is 4.41. The highest BCUT2D eigenvalue weighted by Crippen LogP contribution is 2.45. The van der Waals surface area contributed by atoms with Crippen LogP contribution in [-0.2, 0) is 16.0 Å². The fraction of sp³-hybridized carbons (Fsp3) is 0.640. The maximum absolute atomic E-state index is 11.2. The first-order valence-corrected chi connectivity index (χ1v) is 11.7. The molecule has 0 radical (unpaired) electrons. The maximum atomic E-state index is 11.2. The van der Waals surface area contributed by atoms with Crippen LogP contribution in [0.3, 0.4) is 0 Å². The molecule has 4 atom stereocenters. The standard InChI is InChI=1S/C25H37ClO4/c1-30-24(29)15-8-3-2-7-14-21-22(26)18-23(28)25(21)20-13-10-12-19(17-20)11-6-4-5-9-16-27/h2,7,10,12-13,17,21-23,25,27-28H,3-6,8-9,11,14-16,18H2,1H3/b7-2-/t21-,22+,23+,25+/m0/s1. The molecule has 0 bridgehead atoms. The molecule has 0 heterocycles. The number of hydrogen-bond donors (Lipinski definition) is 2. The van der Waals surface area contributed by atoms with Crippen LogP contribution in [-0.4, -0.2) is 41.4 Å². The van der Waals surface area contributed by atoms with Crippen molar-refractivity contribution in [1.82, 2.24) is 0 Å².